The van der Waals surface area contributed by atoms with Gasteiger partial charge in [-0.25, -0.2) is 9.97 Å². The summed E-state index contributed by atoms with van der Waals surface area (Å²) in [6.45, 7) is 4.93. The number of nitrogens with zero attached hydrogens (tertiary/aromatic N) is 6. The first-order chi connectivity index (χ1) is 13.4. The molecule has 3 aromatic rings. The predicted octanol–water partition coefficient (Wildman–Crippen LogP) is 3.32. The lowest BCUT2D eigenvalue weighted by Crippen LogP contribution is -2.47. The second-order valence-corrected chi connectivity index (χ2v) is 6.78. The number of alkyl halides is 3. The second-order valence-electron chi connectivity index (χ2n) is 6.78. The van der Waals surface area contributed by atoms with Gasteiger partial charge in [-0.1, -0.05) is 0 Å². The van der Waals surface area contributed by atoms with Gasteiger partial charge in [0.2, 0.25) is 5.95 Å². The van der Waals surface area contributed by atoms with Gasteiger partial charge in [-0.05, 0) is 30.7 Å². The van der Waals surface area contributed by atoms with Crippen molar-refractivity contribution < 1.29 is 13.2 Å². The maximum absolute atomic E-state index is 12.7. The topological polar surface area (TPSA) is 58.0 Å². The fourth-order valence-corrected chi connectivity index (χ4v) is 3.35. The van der Waals surface area contributed by atoms with Gasteiger partial charge >= 0.3 is 6.18 Å². The highest BCUT2D eigenvalue weighted by molar-refractivity contribution is 5.74. The van der Waals surface area contributed by atoms with Gasteiger partial charge in [0.25, 0.3) is 0 Å². The van der Waals surface area contributed by atoms with Gasteiger partial charge in [0, 0.05) is 57.0 Å². The lowest BCUT2D eigenvalue weighted by atomic mass is 10.1. The fraction of sp³-hybridized carbons (Fsp3) is 0.368. The summed E-state index contributed by atoms with van der Waals surface area (Å²) in [6, 6.07) is 6.01. The summed E-state index contributed by atoms with van der Waals surface area (Å²) in [5.74, 6) is 0.330. The average molecular weight is 388 g/mol. The number of aromatic nitrogens is 4. The quantitative estimate of drug-likeness (QED) is 0.686. The molecule has 9 heteroatoms. The molecule has 1 unspecified atom stereocenters. The first-order valence-corrected chi connectivity index (χ1v) is 9.01. The van der Waals surface area contributed by atoms with Crippen molar-refractivity contribution in [1.82, 2.24) is 24.8 Å². The van der Waals surface area contributed by atoms with Crippen LogP contribution < -0.4 is 4.90 Å². The minimum atomic E-state index is -4.42. The molecule has 1 aliphatic rings. The predicted molar refractivity (Wildman–Crippen MR) is 98.8 cm³/mol. The van der Waals surface area contributed by atoms with Crippen LogP contribution in [0.25, 0.3) is 11.0 Å². The van der Waals surface area contributed by atoms with E-state index in [1.165, 1.54) is 0 Å². The molecule has 4 rings (SSSR count). The van der Waals surface area contributed by atoms with Crippen molar-refractivity contribution in [2.75, 3.05) is 31.1 Å². The summed E-state index contributed by atoms with van der Waals surface area (Å²) in [6.07, 6.45) is 0.882. The Balaban J connectivity index is 1.41. The Morgan fingerprint density at radius 2 is 1.64 bits per heavy atom. The maximum atomic E-state index is 12.7. The van der Waals surface area contributed by atoms with Crippen molar-refractivity contribution in [1.29, 1.82) is 0 Å². The standard InChI is InChI=1S/C19H19F3N6/c1-13(14-9-17-16(24-10-14)3-2-4-23-17)27-5-7-28(8-6-27)18-25-11-15(12-26-18)19(20,21)22/h2-4,9-13H,5-8H2,1H3. The summed E-state index contributed by atoms with van der Waals surface area (Å²) in [5, 5.41) is 0. The number of rotatable bonds is 3. The van der Waals surface area contributed by atoms with Crippen LogP contribution >= 0.6 is 0 Å². The molecule has 4 heterocycles. The molecule has 1 aliphatic heterocycles. The first-order valence-electron chi connectivity index (χ1n) is 9.01. The molecule has 0 aliphatic carbocycles. The lowest BCUT2D eigenvalue weighted by molar-refractivity contribution is -0.138. The zero-order valence-electron chi connectivity index (χ0n) is 15.3. The Kier molecular flexibility index (Phi) is 4.84. The molecular weight excluding hydrogens is 369 g/mol. The van der Waals surface area contributed by atoms with Crippen LogP contribution in [-0.4, -0.2) is 51.0 Å². The van der Waals surface area contributed by atoms with E-state index in [-0.39, 0.29) is 6.04 Å². The van der Waals surface area contributed by atoms with Crippen LogP contribution in [0.5, 0.6) is 0 Å². The van der Waals surface area contributed by atoms with Crippen molar-refractivity contribution in [3.63, 3.8) is 0 Å². The van der Waals surface area contributed by atoms with Gasteiger partial charge in [0.15, 0.2) is 0 Å². The lowest BCUT2D eigenvalue weighted by Gasteiger charge is -2.38. The van der Waals surface area contributed by atoms with E-state index in [9.17, 15) is 13.2 Å². The Bertz CT molecular complexity index is 952. The fourth-order valence-electron chi connectivity index (χ4n) is 3.35. The molecule has 0 saturated carbocycles. The van der Waals surface area contributed by atoms with Gasteiger partial charge in [0.1, 0.15) is 0 Å². The van der Waals surface area contributed by atoms with E-state index < -0.39 is 11.7 Å². The monoisotopic (exact) mass is 388 g/mol. The highest BCUT2D eigenvalue weighted by Gasteiger charge is 2.32. The normalized spacial score (nSPS) is 17.1. The van der Waals surface area contributed by atoms with E-state index in [1.54, 1.807) is 6.20 Å². The molecule has 1 atom stereocenters. The summed E-state index contributed by atoms with van der Waals surface area (Å²) < 4.78 is 38.0. The SMILES string of the molecule is CC(c1cnc2cccnc2c1)N1CCN(c2ncc(C(F)(F)F)cn2)CC1. The summed E-state index contributed by atoms with van der Waals surface area (Å²) >= 11 is 0. The van der Waals surface area contributed by atoms with Gasteiger partial charge in [-0.2, -0.15) is 13.2 Å². The molecule has 1 fully saturated rings. The summed E-state index contributed by atoms with van der Waals surface area (Å²) in [5.41, 5.74) is 1.98. The molecule has 0 spiro atoms. The number of hydrogen-bond acceptors (Lipinski definition) is 6. The molecule has 146 valence electrons. The summed E-state index contributed by atoms with van der Waals surface area (Å²) in [4.78, 5) is 20.8. The minimum absolute atomic E-state index is 0.162. The third kappa shape index (κ3) is 3.75. The largest absolute Gasteiger partial charge is 0.419 e. The third-order valence-electron chi connectivity index (χ3n) is 5.07. The number of pyridine rings is 2. The van der Waals surface area contributed by atoms with Crippen molar-refractivity contribution in [2.24, 2.45) is 0 Å². The van der Waals surface area contributed by atoms with Crippen molar-refractivity contribution in [2.45, 2.75) is 19.1 Å². The van der Waals surface area contributed by atoms with Crippen LogP contribution in [0.2, 0.25) is 0 Å². The van der Waals surface area contributed by atoms with Gasteiger partial charge in [-0.3, -0.25) is 14.9 Å². The van der Waals surface area contributed by atoms with Gasteiger partial charge in [-0.15, -0.1) is 0 Å². The zero-order chi connectivity index (χ0) is 19.7. The zero-order valence-corrected chi connectivity index (χ0v) is 15.3. The molecule has 0 radical (unpaired) electrons. The van der Waals surface area contributed by atoms with E-state index in [2.05, 4.69) is 37.8 Å². The highest BCUT2D eigenvalue weighted by Crippen LogP contribution is 2.29. The number of anilines is 1. The molecule has 0 N–H and O–H groups in total. The first kappa shape index (κ1) is 18.5. The highest BCUT2D eigenvalue weighted by atomic mass is 19.4. The van der Waals surface area contributed by atoms with E-state index in [1.807, 2.05) is 23.2 Å². The van der Waals surface area contributed by atoms with E-state index in [4.69, 9.17) is 0 Å². The van der Waals surface area contributed by atoms with Crippen LogP contribution in [-0.2, 0) is 6.18 Å². The van der Waals surface area contributed by atoms with E-state index in [0.29, 0.717) is 19.0 Å². The van der Waals surface area contributed by atoms with Crippen LogP contribution in [0, 0.1) is 0 Å². The Hall–Kier alpha value is -2.81. The van der Waals surface area contributed by atoms with Crippen molar-refractivity contribution in [3.8, 4) is 0 Å². The van der Waals surface area contributed by atoms with Crippen molar-refractivity contribution >= 4 is 17.0 Å². The molecule has 28 heavy (non-hydrogen) atoms. The molecule has 0 aromatic carbocycles. The average Bonchev–Trinajstić information content (AvgIpc) is 2.72. The van der Waals surface area contributed by atoms with Crippen LogP contribution in [0.1, 0.15) is 24.1 Å². The van der Waals surface area contributed by atoms with E-state index >= 15 is 0 Å². The number of hydrogen-bond donors (Lipinski definition) is 0. The third-order valence-corrected chi connectivity index (χ3v) is 5.07. The molecule has 1 saturated heterocycles. The van der Waals surface area contributed by atoms with Gasteiger partial charge < -0.3 is 4.90 Å². The number of piperazine rings is 1. The number of halogens is 3. The van der Waals surface area contributed by atoms with Crippen LogP contribution in [0.15, 0.2) is 43.0 Å². The smallest absolute Gasteiger partial charge is 0.338 e. The maximum Gasteiger partial charge on any atom is 0.419 e. The summed E-state index contributed by atoms with van der Waals surface area (Å²) in [7, 11) is 0. The molecular formula is C19H19F3N6. The molecule has 6 nitrogen and oxygen atoms in total. The van der Waals surface area contributed by atoms with Crippen LogP contribution in [0.3, 0.4) is 0 Å². The van der Waals surface area contributed by atoms with Gasteiger partial charge in [0.05, 0.1) is 16.6 Å². The number of fused-ring (bicyclic) bond motifs is 1. The second kappa shape index (κ2) is 7.31. The molecule has 0 bridgehead atoms. The minimum Gasteiger partial charge on any atom is -0.338 e. The molecule has 3 aromatic heterocycles. The van der Waals surface area contributed by atoms with Crippen molar-refractivity contribution in [3.05, 3.63) is 54.1 Å². The van der Waals surface area contributed by atoms with Crippen LogP contribution in [0.4, 0.5) is 19.1 Å². The Morgan fingerprint density at radius 1 is 0.929 bits per heavy atom. The Morgan fingerprint density at radius 3 is 2.32 bits per heavy atom. The molecule has 0 amide bonds. The van der Waals surface area contributed by atoms with E-state index in [0.717, 1.165) is 42.1 Å². The Labute approximate surface area is 160 Å².